The first-order valence-electron chi connectivity index (χ1n) is 8.89. The van der Waals surface area contributed by atoms with Crippen molar-refractivity contribution >= 4 is 11.8 Å². The summed E-state index contributed by atoms with van der Waals surface area (Å²) >= 11 is 0. The van der Waals surface area contributed by atoms with Gasteiger partial charge in [-0.1, -0.05) is 18.2 Å². The lowest BCUT2D eigenvalue weighted by atomic mass is 10.1. The number of morpholine rings is 1. The Balaban J connectivity index is 1.53. The summed E-state index contributed by atoms with van der Waals surface area (Å²) in [7, 11) is 0. The van der Waals surface area contributed by atoms with Gasteiger partial charge >= 0.3 is 0 Å². The first kappa shape index (κ1) is 17.9. The summed E-state index contributed by atoms with van der Waals surface area (Å²) in [5, 5.41) is 6.53. The molecule has 8 nitrogen and oxygen atoms in total. The van der Waals surface area contributed by atoms with E-state index in [4.69, 9.17) is 15.5 Å². The van der Waals surface area contributed by atoms with E-state index in [1.165, 1.54) is 0 Å². The Kier molecular flexibility index (Phi) is 4.86. The minimum atomic E-state index is -0.467. The lowest BCUT2D eigenvalue weighted by molar-refractivity contribution is -0.0248. The van der Waals surface area contributed by atoms with Gasteiger partial charge in [-0.3, -0.25) is 14.7 Å². The highest BCUT2D eigenvalue weighted by Crippen LogP contribution is 2.25. The normalized spacial score (nSPS) is 16.7. The van der Waals surface area contributed by atoms with Crippen molar-refractivity contribution in [2.45, 2.75) is 6.10 Å². The van der Waals surface area contributed by atoms with Crippen LogP contribution in [0.5, 0.6) is 0 Å². The first-order chi connectivity index (χ1) is 13.6. The van der Waals surface area contributed by atoms with E-state index < -0.39 is 5.91 Å². The molecular weight excluding hydrogens is 358 g/mol. The highest BCUT2D eigenvalue weighted by atomic mass is 16.5. The van der Waals surface area contributed by atoms with Crippen molar-refractivity contribution in [1.82, 2.24) is 20.1 Å². The van der Waals surface area contributed by atoms with Crippen LogP contribution in [0.3, 0.4) is 0 Å². The van der Waals surface area contributed by atoms with Crippen LogP contribution in [0, 0.1) is 0 Å². The summed E-state index contributed by atoms with van der Waals surface area (Å²) in [6.07, 6.45) is 1.24. The van der Waals surface area contributed by atoms with Crippen LogP contribution in [0.2, 0.25) is 0 Å². The SMILES string of the molecule is NC(=O)c1ccc(-c2cccc([C@@H]3CN(C(=O)c4ccn[nH]4)CCO3)n2)cc1. The number of rotatable bonds is 4. The van der Waals surface area contributed by atoms with Gasteiger partial charge in [0.05, 0.1) is 24.5 Å². The van der Waals surface area contributed by atoms with Gasteiger partial charge in [0.2, 0.25) is 5.91 Å². The molecule has 2 amide bonds. The Morgan fingerprint density at radius 1 is 1.14 bits per heavy atom. The molecule has 1 atom stereocenters. The summed E-state index contributed by atoms with van der Waals surface area (Å²) in [5.41, 5.74) is 8.57. The Hall–Kier alpha value is -3.52. The highest BCUT2D eigenvalue weighted by Gasteiger charge is 2.27. The Morgan fingerprint density at radius 3 is 2.68 bits per heavy atom. The second-order valence-corrected chi connectivity index (χ2v) is 6.47. The summed E-state index contributed by atoms with van der Waals surface area (Å²) in [6, 6.07) is 14.3. The highest BCUT2D eigenvalue weighted by molar-refractivity contribution is 5.93. The number of primary amides is 1. The van der Waals surface area contributed by atoms with Crippen molar-refractivity contribution in [2.75, 3.05) is 19.7 Å². The van der Waals surface area contributed by atoms with Crippen LogP contribution < -0.4 is 5.73 Å². The smallest absolute Gasteiger partial charge is 0.272 e. The maximum absolute atomic E-state index is 12.6. The number of aromatic amines is 1. The molecule has 4 rings (SSSR count). The second kappa shape index (κ2) is 7.61. The molecule has 0 saturated carbocycles. The largest absolute Gasteiger partial charge is 0.368 e. The van der Waals surface area contributed by atoms with E-state index in [1.54, 1.807) is 29.3 Å². The molecule has 3 aromatic rings. The van der Waals surface area contributed by atoms with Crippen molar-refractivity contribution in [3.8, 4) is 11.3 Å². The number of nitrogens with zero attached hydrogens (tertiary/aromatic N) is 3. The maximum Gasteiger partial charge on any atom is 0.272 e. The summed E-state index contributed by atoms with van der Waals surface area (Å²) < 4.78 is 5.86. The average molecular weight is 377 g/mol. The van der Waals surface area contributed by atoms with Gasteiger partial charge in [-0.15, -0.1) is 0 Å². The summed E-state index contributed by atoms with van der Waals surface area (Å²) in [5.74, 6) is -0.574. The monoisotopic (exact) mass is 377 g/mol. The van der Waals surface area contributed by atoms with Gasteiger partial charge in [-0.2, -0.15) is 5.10 Å². The zero-order valence-corrected chi connectivity index (χ0v) is 15.0. The van der Waals surface area contributed by atoms with Gasteiger partial charge < -0.3 is 15.4 Å². The lowest BCUT2D eigenvalue weighted by Crippen LogP contribution is -2.42. The number of ether oxygens (including phenoxy) is 1. The molecule has 1 aliphatic heterocycles. The fourth-order valence-electron chi connectivity index (χ4n) is 3.15. The first-order valence-corrected chi connectivity index (χ1v) is 8.89. The second-order valence-electron chi connectivity index (χ2n) is 6.47. The number of nitrogens with one attached hydrogen (secondary N) is 1. The maximum atomic E-state index is 12.6. The van der Waals surface area contributed by atoms with Crippen molar-refractivity contribution in [3.63, 3.8) is 0 Å². The number of aromatic nitrogens is 3. The standard InChI is InChI=1S/C20H19N5O3/c21-19(26)14-6-4-13(5-7-14)15-2-1-3-16(23-15)18-12-25(10-11-28-18)20(27)17-8-9-22-24-17/h1-9,18H,10-12H2,(H2,21,26)(H,22,24)/t18-/m0/s1. The number of benzene rings is 1. The van der Waals surface area contributed by atoms with E-state index in [-0.39, 0.29) is 12.0 Å². The average Bonchev–Trinajstić information content (AvgIpc) is 3.28. The van der Waals surface area contributed by atoms with Crippen LogP contribution >= 0.6 is 0 Å². The van der Waals surface area contributed by atoms with Crippen molar-refractivity contribution < 1.29 is 14.3 Å². The Bertz CT molecular complexity index is 985. The van der Waals surface area contributed by atoms with E-state index >= 15 is 0 Å². The van der Waals surface area contributed by atoms with Gasteiger partial charge in [0.1, 0.15) is 11.8 Å². The van der Waals surface area contributed by atoms with Crippen LogP contribution in [0.4, 0.5) is 0 Å². The van der Waals surface area contributed by atoms with Gasteiger partial charge in [0.15, 0.2) is 0 Å². The number of carbonyl (C=O) groups excluding carboxylic acids is 2. The Morgan fingerprint density at radius 2 is 1.96 bits per heavy atom. The molecule has 2 aromatic heterocycles. The third-order valence-corrected chi connectivity index (χ3v) is 4.65. The molecule has 0 unspecified atom stereocenters. The zero-order valence-electron chi connectivity index (χ0n) is 15.0. The number of H-pyrrole nitrogens is 1. The predicted molar refractivity (Wildman–Crippen MR) is 101 cm³/mol. The number of hydrogen-bond donors (Lipinski definition) is 2. The van der Waals surface area contributed by atoms with Gasteiger partial charge in [-0.05, 0) is 30.3 Å². The van der Waals surface area contributed by atoms with E-state index in [2.05, 4.69) is 10.2 Å². The van der Waals surface area contributed by atoms with Gasteiger partial charge in [-0.25, -0.2) is 4.98 Å². The number of nitrogens with two attached hydrogens (primary N) is 1. The lowest BCUT2D eigenvalue weighted by Gasteiger charge is -2.32. The molecule has 1 saturated heterocycles. The van der Waals surface area contributed by atoms with Crippen LogP contribution in [-0.2, 0) is 4.74 Å². The molecule has 3 N–H and O–H groups in total. The summed E-state index contributed by atoms with van der Waals surface area (Å²) in [4.78, 5) is 30.2. The molecule has 1 fully saturated rings. The molecule has 142 valence electrons. The van der Waals surface area contributed by atoms with Gasteiger partial charge in [0, 0.05) is 23.9 Å². The zero-order chi connectivity index (χ0) is 19.5. The number of pyridine rings is 1. The Labute approximate surface area is 161 Å². The predicted octanol–water partition coefficient (Wildman–Crippen LogP) is 1.78. The van der Waals surface area contributed by atoms with Crippen molar-refractivity contribution in [2.24, 2.45) is 5.73 Å². The molecule has 0 aliphatic carbocycles. The molecule has 1 aliphatic rings. The molecule has 0 spiro atoms. The molecule has 8 heteroatoms. The van der Waals surface area contributed by atoms with Crippen LogP contribution in [0.15, 0.2) is 54.7 Å². The molecule has 28 heavy (non-hydrogen) atoms. The minimum Gasteiger partial charge on any atom is -0.368 e. The third kappa shape index (κ3) is 3.63. The fraction of sp³-hybridized carbons (Fsp3) is 0.200. The quantitative estimate of drug-likeness (QED) is 0.719. The van der Waals surface area contributed by atoms with Crippen molar-refractivity contribution in [1.29, 1.82) is 0 Å². The van der Waals surface area contributed by atoms with Crippen LogP contribution in [-0.4, -0.2) is 51.6 Å². The van der Waals surface area contributed by atoms with Gasteiger partial charge in [0.25, 0.3) is 5.91 Å². The number of hydrogen-bond acceptors (Lipinski definition) is 5. The number of amides is 2. The minimum absolute atomic E-state index is 0.107. The number of carbonyl (C=O) groups is 2. The van der Waals surface area contributed by atoms with Crippen LogP contribution in [0.1, 0.15) is 32.6 Å². The molecular formula is C20H19N5O3. The van der Waals surface area contributed by atoms with E-state index in [1.807, 2.05) is 30.3 Å². The molecule has 0 bridgehead atoms. The van der Waals surface area contributed by atoms with Crippen LogP contribution in [0.25, 0.3) is 11.3 Å². The summed E-state index contributed by atoms with van der Waals surface area (Å²) in [6.45, 7) is 1.36. The van der Waals surface area contributed by atoms with Crippen molar-refractivity contribution in [3.05, 3.63) is 71.7 Å². The third-order valence-electron chi connectivity index (χ3n) is 4.65. The molecule has 3 heterocycles. The van der Waals surface area contributed by atoms with E-state index in [9.17, 15) is 9.59 Å². The van der Waals surface area contributed by atoms with E-state index in [0.717, 1.165) is 17.0 Å². The van der Waals surface area contributed by atoms with E-state index in [0.29, 0.717) is 31.0 Å². The molecule has 1 aromatic carbocycles. The topological polar surface area (TPSA) is 114 Å². The molecule has 0 radical (unpaired) electrons. The fourth-order valence-corrected chi connectivity index (χ4v) is 3.15.